The van der Waals surface area contributed by atoms with Crippen molar-refractivity contribution >= 4 is 17.6 Å². The average Bonchev–Trinajstić information content (AvgIpc) is 2.47. The lowest BCUT2D eigenvalue weighted by molar-refractivity contribution is -0.116. The van der Waals surface area contributed by atoms with Crippen LogP contribution in [0.15, 0.2) is 48.8 Å². The number of carbonyl (C=O) groups excluding carboxylic acids is 2. The average molecular weight is 302 g/mol. The number of hydrogen-bond donors (Lipinski definition) is 3. The number of anilines is 1. The number of halogens is 1. The molecule has 7 heteroatoms. The molecular formula is C15H15FN4O2. The molecule has 114 valence electrons. The highest BCUT2D eigenvalue weighted by molar-refractivity contribution is 5.91. The number of rotatable bonds is 5. The maximum atomic E-state index is 13.8. The van der Waals surface area contributed by atoms with E-state index in [-0.39, 0.29) is 12.0 Å². The largest absolute Gasteiger partial charge is 0.352 e. The quantitative estimate of drug-likeness (QED) is 0.787. The molecule has 0 spiro atoms. The van der Waals surface area contributed by atoms with Crippen molar-refractivity contribution in [1.29, 1.82) is 0 Å². The van der Waals surface area contributed by atoms with Crippen LogP contribution in [-0.2, 0) is 4.79 Å². The monoisotopic (exact) mass is 302 g/mol. The Hall–Kier alpha value is -2.96. The van der Waals surface area contributed by atoms with E-state index in [2.05, 4.69) is 15.6 Å². The number of aromatic nitrogens is 1. The molecule has 0 fully saturated rings. The molecule has 4 N–H and O–H groups in total. The van der Waals surface area contributed by atoms with Crippen molar-refractivity contribution in [3.8, 4) is 0 Å². The number of hydrogen-bond acceptors (Lipinski definition) is 3. The van der Waals surface area contributed by atoms with E-state index in [0.29, 0.717) is 5.69 Å². The summed E-state index contributed by atoms with van der Waals surface area (Å²) in [6.07, 6.45) is 2.91. The minimum Gasteiger partial charge on any atom is -0.352 e. The fraction of sp³-hybridized carbons (Fsp3) is 0.133. The van der Waals surface area contributed by atoms with E-state index in [4.69, 9.17) is 5.73 Å². The van der Waals surface area contributed by atoms with Crippen molar-refractivity contribution in [2.24, 2.45) is 5.73 Å². The lowest BCUT2D eigenvalue weighted by Gasteiger charge is -2.18. The lowest BCUT2D eigenvalue weighted by Crippen LogP contribution is -2.35. The van der Waals surface area contributed by atoms with Crippen molar-refractivity contribution in [3.05, 3.63) is 60.2 Å². The summed E-state index contributed by atoms with van der Waals surface area (Å²) in [7, 11) is 0. The van der Waals surface area contributed by atoms with E-state index in [9.17, 15) is 14.0 Å². The molecule has 1 atom stereocenters. The van der Waals surface area contributed by atoms with Gasteiger partial charge in [-0.3, -0.25) is 9.78 Å². The first-order valence-corrected chi connectivity index (χ1v) is 6.56. The van der Waals surface area contributed by atoms with Crippen LogP contribution < -0.4 is 16.4 Å². The number of amides is 3. The molecule has 0 radical (unpaired) electrons. The maximum absolute atomic E-state index is 13.8. The second-order valence-electron chi connectivity index (χ2n) is 4.58. The Labute approximate surface area is 126 Å². The van der Waals surface area contributed by atoms with Gasteiger partial charge in [-0.15, -0.1) is 0 Å². The van der Waals surface area contributed by atoms with Crippen LogP contribution in [0.5, 0.6) is 0 Å². The zero-order valence-corrected chi connectivity index (χ0v) is 11.6. The number of primary amides is 1. The summed E-state index contributed by atoms with van der Waals surface area (Å²) < 4.78 is 13.8. The number of carbonyl (C=O) groups is 2. The van der Waals surface area contributed by atoms with E-state index in [0.717, 1.165) is 0 Å². The van der Waals surface area contributed by atoms with Crippen LogP contribution in [0.3, 0.4) is 0 Å². The van der Waals surface area contributed by atoms with Gasteiger partial charge in [-0.2, -0.15) is 0 Å². The van der Waals surface area contributed by atoms with E-state index in [1.54, 1.807) is 24.4 Å². The normalized spacial score (nSPS) is 11.5. The molecule has 1 aromatic heterocycles. The summed E-state index contributed by atoms with van der Waals surface area (Å²) in [5.74, 6) is -0.912. The van der Waals surface area contributed by atoms with Crippen molar-refractivity contribution in [2.75, 3.05) is 5.32 Å². The van der Waals surface area contributed by atoms with Gasteiger partial charge in [0.1, 0.15) is 5.82 Å². The van der Waals surface area contributed by atoms with Gasteiger partial charge in [-0.05, 0) is 18.2 Å². The predicted octanol–water partition coefficient (Wildman–Crippen LogP) is 1.96. The van der Waals surface area contributed by atoms with Crippen LogP contribution in [0.25, 0.3) is 0 Å². The summed E-state index contributed by atoms with van der Waals surface area (Å²) >= 11 is 0. The Balaban J connectivity index is 2.11. The summed E-state index contributed by atoms with van der Waals surface area (Å²) in [5.41, 5.74) is 5.80. The van der Waals surface area contributed by atoms with E-state index in [1.165, 1.54) is 24.4 Å². The molecule has 0 saturated carbocycles. The van der Waals surface area contributed by atoms with Crippen molar-refractivity contribution in [1.82, 2.24) is 10.3 Å². The van der Waals surface area contributed by atoms with Crippen LogP contribution in [0, 0.1) is 5.82 Å². The molecule has 1 aromatic carbocycles. The number of nitrogens with two attached hydrogens (primary N) is 1. The molecule has 0 aliphatic heterocycles. The summed E-state index contributed by atoms with van der Waals surface area (Å²) in [4.78, 5) is 27.0. The SMILES string of the molecule is NC(=O)NC(CC(=O)Nc1cccnc1)c1ccccc1F. The third kappa shape index (κ3) is 4.27. The molecule has 1 unspecified atom stereocenters. The molecule has 2 aromatic rings. The Morgan fingerprint density at radius 1 is 1.23 bits per heavy atom. The second-order valence-corrected chi connectivity index (χ2v) is 4.58. The van der Waals surface area contributed by atoms with Crippen molar-refractivity contribution < 1.29 is 14.0 Å². The van der Waals surface area contributed by atoms with Crippen LogP contribution in [0.2, 0.25) is 0 Å². The molecule has 22 heavy (non-hydrogen) atoms. The van der Waals surface area contributed by atoms with Crippen LogP contribution in [0.4, 0.5) is 14.9 Å². The van der Waals surface area contributed by atoms with Gasteiger partial charge in [0.25, 0.3) is 0 Å². The molecule has 6 nitrogen and oxygen atoms in total. The van der Waals surface area contributed by atoms with E-state index in [1.807, 2.05) is 0 Å². The smallest absolute Gasteiger partial charge is 0.312 e. The van der Waals surface area contributed by atoms with E-state index >= 15 is 0 Å². The maximum Gasteiger partial charge on any atom is 0.312 e. The first-order valence-electron chi connectivity index (χ1n) is 6.56. The molecular weight excluding hydrogens is 287 g/mol. The Bertz CT molecular complexity index is 664. The highest BCUT2D eigenvalue weighted by atomic mass is 19.1. The van der Waals surface area contributed by atoms with Gasteiger partial charge in [0.2, 0.25) is 5.91 Å². The molecule has 2 rings (SSSR count). The third-order valence-corrected chi connectivity index (χ3v) is 2.93. The Morgan fingerprint density at radius 3 is 2.64 bits per heavy atom. The summed E-state index contributed by atoms with van der Waals surface area (Å²) in [6, 6.07) is 7.55. The highest BCUT2D eigenvalue weighted by Crippen LogP contribution is 2.20. The highest BCUT2D eigenvalue weighted by Gasteiger charge is 2.20. The molecule has 0 saturated heterocycles. The van der Waals surface area contributed by atoms with Crippen LogP contribution >= 0.6 is 0 Å². The van der Waals surface area contributed by atoms with Gasteiger partial charge < -0.3 is 16.4 Å². The summed E-state index contributed by atoms with van der Waals surface area (Å²) in [6.45, 7) is 0. The minimum absolute atomic E-state index is 0.154. The molecule has 0 aliphatic carbocycles. The minimum atomic E-state index is -0.852. The van der Waals surface area contributed by atoms with Gasteiger partial charge in [0.15, 0.2) is 0 Å². The summed E-state index contributed by atoms with van der Waals surface area (Å²) in [5, 5.41) is 4.99. The van der Waals surface area contributed by atoms with Crippen LogP contribution in [0.1, 0.15) is 18.0 Å². The fourth-order valence-corrected chi connectivity index (χ4v) is 2.00. The molecule has 0 aliphatic rings. The van der Waals surface area contributed by atoms with Gasteiger partial charge >= 0.3 is 6.03 Å². The van der Waals surface area contributed by atoms with Crippen molar-refractivity contribution in [2.45, 2.75) is 12.5 Å². The van der Waals surface area contributed by atoms with Crippen LogP contribution in [-0.4, -0.2) is 16.9 Å². The number of nitrogens with one attached hydrogen (secondary N) is 2. The zero-order valence-electron chi connectivity index (χ0n) is 11.6. The molecule has 3 amide bonds. The zero-order chi connectivity index (χ0) is 15.9. The standard InChI is InChI=1S/C15H15FN4O2/c16-12-6-2-1-5-11(12)13(20-15(17)22)8-14(21)19-10-4-3-7-18-9-10/h1-7,9,13H,8H2,(H,19,21)(H3,17,20,22). The Kier molecular flexibility index (Phi) is 5.02. The predicted molar refractivity (Wildman–Crippen MR) is 79.3 cm³/mol. The molecule has 1 heterocycles. The first-order chi connectivity index (χ1) is 10.6. The van der Waals surface area contributed by atoms with E-state index < -0.39 is 23.8 Å². The first kappa shape index (κ1) is 15.4. The van der Waals surface area contributed by atoms with Crippen molar-refractivity contribution in [3.63, 3.8) is 0 Å². The van der Waals surface area contributed by atoms with Gasteiger partial charge in [-0.25, -0.2) is 9.18 Å². The topological polar surface area (TPSA) is 97.1 Å². The van der Waals surface area contributed by atoms with Gasteiger partial charge in [-0.1, -0.05) is 18.2 Å². The third-order valence-electron chi connectivity index (χ3n) is 2.93. The number of nitrogens with zero attached hydrogens (tertiary/aromatic N) is 1. The molecule has 0 bridgehead atoms. The number of pyridine rings is 1. The lowest BCUT2D eigenvalue weighted by atomic mass is 10.0. The number of urea groups is 1. The Morgan fingerprint density at radius 2 is 2.00 bits per heavy atom. The van der Waals surface area contributed by atoms with Gasteiger partial charge in [0, 0.05) is 11.8 Å². The second kappa shape index (κ2) is 7.16. The van der Waals surface area contributed by atoms with Gasteiger partial charge in [0.05, 0.1) is 24.3 Å². The number of benzene rings is 1. The fourth-order valence-electron chi connectivity index (χ4n) is 2.00.